The van der Waals surface area contributed by atoms with E-state index in [-0.39, 0.29) is 29.4 Å². The lowest BCUT2D eigenvalue weighted by Gasteiger charge is -2.12. The zero-order valence-corrected chi connectivity index (χ0v) is 10.6. The topological polar surface area (TPSA) is 87.4 Å². The van der Waals surface area contributed by atoms with Gasteiger partial charge in [-0.25, -0.2) is 4.68 Å². The molecule has 1 aromatic rings. The van der Waals surface area contributed by atoms with Crippen molar-refractivity contribution in [3.8, 4) is 0 Å². The van der Waals surface area contributed by atoms with Crippen LogP contribution in [0.1, 0.15) is 12.8 Å². The van der Waals surface area contributed by atoms with Gasteiger partial charge in [-0.05, 0) is 18.8 Å². The summed E-state index contributed by atoms with van der Waals surface area (Å²) in [5.41, 5.74) is -0.0700. The molecule has 100 valence electrons. The molecule has 0 radical (unpaired) electrons. The SMILES string of the molecule is O=c1c(NCC(O)CO)c(Cl)cnn1CC1CC1. The zero-order chi connectivity index (χ0) is 13.1. The summed E-state index contributed by atoms with van der Waals surface area (Å²) in [6.45, 7) is 0.304. The van der Waals surface area contributed by atoms with E-state index >= 15 is 0 Å². The van der Waals surface area contributed by atoms with Crippen LogP contribution in [0.5, 0.6) is 0 Å². The first-order valence-corrected chi connectivity index (χ1v) is 6.28. The standard InChI is InChI=1S/C11H16ClN3O3/c12-9-4-14-15(5-7-1-2-7)11(18)10(9)13-3-8(17)6-16/h4,7-8,13,16-17H,1-3,5-6H2. The summed E-state index contributed by atoms with van der Waals surface area (Å²) in [6, 6.07) is 0. The first-order chi connectivity index (χ1) is 8.61. The van der Waals surface area contributed by atoms with Gasteiger partial charge in [-0.15, -0.1) is 0 Å². The molecule has 1 aromatic heterocycles. The maximum Gasteiger partial charge on any atom is 0.291 e. The van der Waals surface area contributed by atoms with E-state index in [2.05, 4.69) is 10.4 Å². The first-order valence-electron chi connectivity index (χ1n) is 5.90. The number of nitrogens with one attached hydrogen (secondary N) is 1. The number of hydrogen-bond acceptors (Lipinski definition) is 5. The molecule has 0 bridgehead atoms. The molecule has 2 rings (SSSR count). The van der Waals surface area contributed by atoms with Gasteiger partial charge in [0.1, 0.15) is 5.69 Å². The first kappa shape index (κ1) is 13.3. The summed E-state index contributed by atoms with van der Waals surface area (Å²) < 4.78 is 1.39. The number of rotatable bonds is 6. The molecule has 0 aromatic carbocycles. The highest BCUT2D eigenvalue weighted by Crippen LogP contribution is 2.30. The van der Waals surface area contributed by atoms with Gasteiger partial charge in [0.2, 0.25) is 0 Å². The highest BCUT2D eigenvalue weighted by Gasteiger charge is 2.23. The molecule has 0 spiro atoms. The van der Waals surface area contributed by atoms with Crippen molar-refractivity contribution < 1.29 is 10.2 Å². The molecule has 0 saturated heterocycles. The van der Waals surface area contributed by atoms with E-state index in [4.69, 9.17) is 16.7 Å². The third kappa shape index (κ3) is 3.22. The van der Waals surface area contributed by atoms with E-state index in [1.165, 1.54) is 10.9 Å². The Bertz CT molecular complexity index is 473. The van der Waals surface area contributed by atoms with Gasteiger partial charge in [0.05, 0.1) is 23.9 Å². The van der Waals surface area contributed by atoms with Gasteiger partial charge < -0.3 is 15.5 Å². The van der Waals surface area contributed by atoms with Gasteiger partial charge in [0, 0.05) is 13.1 Å². The van der Waals surface area contributed by atoms with Gasteiger partial charge in [-0.2, -0.15) is 5.10 Å². The van der Waals surface area contributed by atoms with Crippen LogP contribution in [0.2, 0.25) is 5.02 Å². The monoisotopic (exact) mass is 273 g/mol. The van der Waals surface area contributed by atoms with Crippen LogP contribution in [0.4, 0.5) is 5.69 Å². The third-order valence-electron chi connectivity index (χ3n) is 2.85. The Hall–Kier alpha value is -1.11. The molecule has 6 nitrogen and oxygen atoms in total. The van der Waals surface area contributed by atoms with Crippen molar-refractivity contribution in [2.45, 2.75) is 25.5 Å². The average molecular weight is 274 g/mol. The molecule has 1 aliphatic carbocycles. The van der Waals surface area contributed by atoms with E-state index in [9.17, 15) is 9.90 Å². The number of halogens is 1. The molecule has 18 heavy (non-hydrogen) atoms. The fourth-order valence-corrected chi connectivity index (χ4v) is 1.78. The molecule has 0 aliphatic heterocycles. The van der Waals surface area contributed by atoms with Gasteiger partial charge in [-0.3, -0.25) is 4.79 Å². The van der Waals surface area contributed by atoms with Crippen molar-refractivity contribution in [1.29, 1.82) is 0 Å². The zero-order valence-electron chi connectivity index (χ0n) is 9.84. The molecule has 1 fully saturated rings. The summed E-state index contributed by atoms with van der Waals surface area (Å²) in [6.07, 6.45) is 2.75. The number of anilines is 1. The summed E-state index contributed by atoms with van der Waals surface area (Å²) in [7, 11) is 0. The van der Waals surface area contributed by atoms with Crippen LogP contribution >= 0.6 is 11.6 Å². The second-order valence-electron chi connectivity index (χ2n) is 4.52. The van der Waals surface area contributed by atoms with Crippen molar-refractivity contribution in [3.63, 3.8) is 0 Å². The number of aromatic nitrogens is 2. The fourth-order valence-electron chi connectivity index (χ4n) is 1.59. The smallest absolute Gasteiger partial charge is 0.291 e. The number of aliphatic hydroxyl groups is 2. The lowest BCUT2D eigenvalue weighted by Crippen LogP contribution is -2.30. The summed E-state index contributed by atoms with van der Waals surface area (Å²) in [5.74, 6) is 0.534. The highest BCUT2D eigenvalue weighted by atomic mass is 35.5. The van der Waals surface area contributed by atoms with E-state index in [1.807, 2.05) is 0 Å². The van der Waals surface area contributed by atoms with Crippen molar-refractivity contribution >= 4 is 17.3 Å². The Labute approximate surface area is 109 Å². The summed E-state index contributed by atoms with van der Waals surface area (Å²) >= 11 is 5.90. The molecule has 1 aliphatic rings. The lowest BCUT2D eigenvalue weighted by atomic mass is 10.3. The minimum absolute atomic E-state index is 0.0684. The molecule has 1 unspecified atom stereocenters. The van der Waals surface area contributed by atoms with Crippen LogP contribution < -0.4 is 10.9 Å². The molecular formula is C11H16ClN3O3. The van der Waals surface area contributed by atoms with E-state index in [0.29, 0.717) is 12.5 Å². The van der Waals surface area contributed by atoms with Crippen LogP contribution in [-0.2, 0) is 6.54 Å². The third-order valence-corrected chi connectivity index (χ3v) is 3.14. The number of aliphatic hydroxyl groups excluding tert-OH is 2. The quantitative estimate of drug-likeness (QED) is 0.683. The Morgan fingerprint density at radius 3 is 2.94 bits per heavy atom. The van der Waals surface area contributed by atoms with Crippen molar-refractivity contribution in [3.05, 3.63) is 21.6 Å². The molecule has 1 saturated carbocycles. The second kappa shape index (κ2) is 5.69. The Morgan fingerprint density at radius 2 is 2.33 bits per heavy atom. The maximum atomic E-state index is 12.1. The van der Waals surface area contributed by atoms with Crippen LogP contribution in [0.3, 0.4) is 0 Å². The van der Waals surface area contributed by atoms with Gasteiger partial charge in [0.25, 0.3) is 5.56 Å². The predicted molar refractivity (Wildman–Crippen MR) is 67.8 cm³/mol. The van der Waals surface area contributed by atoms with Crippen LogP contribution in [-0.4, -0.2) is 39.2 Å². The number of nitrogens with zero attached hydrogens (tertiary/aromatic N) is 2. The molecule has 7 heteroatoms. The summed E-state index contributed by atoms with van der Waals surface area (Å²) in [5, 5.41) is 24.9. The van der Waals surface area contributed by atoms with E-state index < -0.39 is 6.10 Å². The largest absolute Gasteiger partial charge is 0.394 e. The van der Waals surface area contributed by atoms with Gasteiger partial charge >= 0.3 is 0 Å². The minimum atomic E-state index is -0.925. The Kier molecular flexibility index (Phi) is 4.21. The van der Waals surface area contributed by atoms with Crippen molar-refractivity contribution in [1.82, 2.24) is 9.78 Å². The van der Waals surface area contributed by atoms with Crippen LogP contribution in [0.25, 0.3) is 0 Å². The highest BCUT2D eigenvalue weighted by molar-refractivity contribution is 6.32. The van der Waals surface area contributed by atoms with Gasteiger partial charge in [0.15, 0.2) is 0 Å². The number of hydrogen-bond donors (Lipinski definition) is 3. The molecule has 1 atom stereocenters. The molecular weight excluding hydrogens is 258 g/mol. The minimum Gasteiger partial charge on any atom is -0.394 e. The average Bonchev–Trinajstić information content (AvgIpc) is 3.16. The Morgan fingerprint density at radius 1 is 1.61 bits per heavy atom. The molecule has 3 N–H and O–H groups in total. The fraction of sp³-hybridized carbons (Fsp3) is 0.636. The van der Waals surface area contributed by atoms with E-state index in [0.717, 1.165) is 12.8 Å². The predicted octanol–water partition coefficient (Wildman–Crippen LogP) is 0.0718. The van der Waals surface area contributed by atoms with E-state index in [1.54, 1.807) is 0 Å². The van der Waals surface area contributed by atoms with Gasteiger partial charge in [-0.1, -0.05) is 11.6 Å². The second-order valence-corrected chi connectivity index (χ2v) is 4.92. The molecule has 0 amide bonds. The lowest BCUT2D eigenvalue weighted by molar-refractivity contribution is 0.105. The van der Waals surface area contributed by atoms with Crippen molar-refractivity contribution in [2.24, 2.45) is 5.92 Å². The Balaban J connectivity index is 2.13. The van der Waals surface area contributed by atoms with Crippen LogP contribution in [0.15, 0.2) is 11.0 Å². The summed E-state index contributed by atoms with van der Waals surface area (Å²) in [4.78, 5) is 12.1. The van der Waals surface area contributed by atoms with Crippen molar-refractivity contribution in [2.75, 3.05) is 18.5 Å². The normalized spacial score (nSPS) is 16.6. The molecule has 1 heterocycles. The maximum absolute atomic E-state index is 12.1. The van der Waals surface area contributed by atoms with Crippen LogP contribution in [0, 0.1) is 5.92 Å².